The maximum absolute atomic E-state index is 12.1. The summed E-state index contributed by atoms with van der Waals surface area (Å²) >= 11 is 11.8. The molecule has 4 nitrogen and oxygen atoms in total. The summed E-state index contributed by atoms with van der Waals surface area (Å²) in [5.74, 6) is -1.57. The van der Waals surface area contributed by atoms with Crippen LogP contribution in [0.2, 0.25) is 10.0 Å². The molecule has 0 aromatic heterocycles. The molecule has 1 aromatic carbocycles. The van der Waals surface area contributed by atoms with Crippen LogP contribution in [0.15, 0.2) is 24.3 Å². The number of carboxylic acid groups (broad SMARTS) is 1. The molecule has 0 heterocycles. The Morgan fingerprint density at radius 1 is 1.25 bits per heavy atom. The summed E-state index contributed by atoms with van der Waals surface area (Å²) in [7, 11) is 0. The molecule has 0 saturated carbocycles. The van der Waals surface area contributed by atoms with E-state index in [-0.39, 0.29) is 33.1 Å². The molecular weight excluding hydrogens is 301 g/mol. The molecule has 1 aliphatic carbocycles. The zero-order chi connectivity index (χ0) is 14.7. The summed E-state index contributed by atoms with van der Waals surface area (Å²) in [5, 5.41) is 12.1. The molecule has 2 rings (SSSR count). The third-order valence-corrected chi connectivity index (χ3v) is 3.69. The fourth-order valence-electron chi connectivity index (χ4n) is 2.13. The normalized spacial score (nSPS) is 17.8. The van der Waals surface area contributed by atoms with Crippen LogP contribution in [0, 0.1) is 5.92 Å². The van der Waals surface area contributed by atoms with Gasteiger partial charge >= 0.3 is 5.97 Å². The number of benzene rings is 1. The summed E-state index contributed by atoms with van der Waals surface area (Å²) in [6, 6.07) is 2.68. The number of hydrogen-bond acceptors (Lipinski definition) is 2. The molecule has 1 atom stereocenters. The lowest BCUT2D eigenvalue weighted by Crippen LogP contribution is -2.24. The number of anilines is 1. The highest BCUT2D eigenvalue weighted by molar-refractivity contribution is 6.37. The number of allylic oxidation sites excluding steroid dienone is 2. The molecule has 1 unspecified atom stereocenters. The van der Waals surface area contributed by atoms with Crippen molar-refractivity contribution >= 4 is 40.8 Å². The van der Waals surface area contributed by atoms with Crippen LogP contribution < -0.4 is 5.32 Å². The van der Waals surface area contributed by atoms with E-state index in [9.17, 15) is 9.59 Å². The third-order valence-electron chi connectivity index (χ3n) is 3.17. The minimum Gasteiger partial charge on any atom is -0.478 e. The second-order valence-electron chi connectivity index (χ2n) is 4.59. The highest BCUT2D eigenvalue weighted by Crippen LogP contribution is 2.31. The summed E-state index contributed by atoms with van der Waals surface area (Å²) in [5.41, 5.74) is -0.00896. The van der Waals surface area contributed by atoms with Crippen molar-refractivity contribution in [3.63, 3.8) is 0 Å². The Morgan fingerprint density at radius 2 is 2.00 bits per heavy atom. The third kappa shape index (κ3) is 3.32. The minimum atomic E-state index is -1.19. The summed E-state index contributed by atoms with van der Waals surface area (Å²) in [4.78, 5) is 23.4. The molecule has 0 aliphatic heterocycles. The molecule has 2 N–H and O–H groups in total. The second-order valence-corrected chi connectivity index (χ2v) is 5.43. The summed E-state index contributed by atoms with van der Waals surface area (Å²) in [6.45, 7) is 0. The van der Waals surface area contributed by atoms with Crippen LogP contribution in [-0.4, -0.2) is 17.0 Å². The lowest BCUT2D eigenvalue weighted by atomic mass is 9.93. The van der Waals surface area contributed by atoms with Gasteiger partial charge in [0.2, 0.25) is 5.91 Å². The molecule has 0 bridgehead atoms. The van der Waals surface area contributed by atoms with Crippen molar-refractivity contribution in [2.45, 2.75) is 19.3 Å². The van der Waals surface area contributed by atoms with E-state index >= 15 is 0 Å². The fourth-order valence-corrected chi connectivity index (χ4v) is 2.67. The van der Waals surface area contributed by atoms with Crippen molar-refractivity contribution in [2.24, 2.45) is 5.92 Å². The Hall–Kier alpha value is -1.52. The number of halogens is 2. The van der Waals surface area contributed by atoms with Crippen LogP contribution >= 0.6 is 23.2 Å². The van der Waals surface area contributed by atoms with E-state index in [0.29, 0.717) is 6.42 Å². The molecular formula is C14H13Cl2NO3. The van der Waals surface area contributed by atoms with Gasteiger partial charge in [-0.2, -0.15) is 0 Å². The van der Waals surface area contributed by atoms with Crippen molar-refractivity contribution in [2.75, 3.05) is 5.32 Å². The Kier molecular flexibility index (Phi) is 4.68. The monoisotopic (exact) mass is 313 g/mol. The van der Waals surface area contributed by atoms with Gasteiger partial charge in [-0.25, -0.2) is 4.79 Å². The average molecular weight is 314 g/mol. The van der Waals surface area contributed by atoms with Crippen molar-refractivity contribution < 1.29 is 14.7 Å². The highest BCUT2D eigenvalue weighted by Gasteiger charge is 2.22. The number of carbonyl (C=O) groups is 2. The minimum absolute atomic E-state index is 0.100. The Bertz CT molecular complexity index is 584. The quantitative estimate of drug-likeness (QED) is 0.829. The predicted molar refractivity (Wildman–Crippen MR) is 78.5 cm³/mol. The molecule has 1 aromatic rings. The van der Waals surface area contributed by atoms with E-state index in [1.54, 1.807) is 0 Å². The fraction of sp³-hybridized carbons (Fsp3) is 0.286. The number of nitrogens with one attached hydrogen (secondary N) is 1. The van der Waals surface area contributed by atoms with E-state index < -0.39 is 5.97 Å². The largest absolute Gasteiger partial charge is 0.478 e. The van der Waals surface area contributed by atoms with Crippen LogP contribution in [-0.2, 0) is 4.79 Å². The topological polar surface area (TPSA) is 66.4 Å². The second kappa shape index (κ2) is 6.29. The highest BCUT2D eigenvalue weighted by atomic mass is 35.5. The van der Waals surface area contributed by atoms with Crippen LogP contribution in [0.4, 0.5) is 5.69 Å². The van der Waals surface area contributed by atoms with Crippen molar-refractivity contribution in [1.82, 2.24) is 0 Å². The van der Waals surface area contributed by atoms with Crippen molar-refractivity contribution in [3.8, 4) is 0 Å². The zero-order valence-corrected chi connectivity index (χ0v) is 12.0. The molecule has 0 fully saturated rings. The van der Waals surface area contributed by atoms with Gasteiger partial charge in [0.05, 0.1) is 16.3 Å². The lowest BCUT2D eigenvalue weighted by Gasteiger charge is -2.18. The molecule has 0 saturated heterocycles. The first-order valence-electron chi connectivity index (χ1n) is 6.17. The first-order chi connectivity index (χ1) is 9.49. The van der Waals surface area contributed by atoms with E-state index in [2.05, 4.69) is 5.32 Å². The van der Waals surface area contributed by atoms with Crippen LogP contribution in [0.3, 0.4) is 0 Å². The van der Waals surface area contributed by atoms with Gasteiger partial charge in [-0.15, -0.1) is 0 Å². The van der Waals surface area contributed by atoms with Crippen LogP contribution in [0.5, 0.6) is 0 Å². The number of carboxylic acids is 1. The Balaban J connectivity index is 2.26. The predicted octanol–water partition coefficient (Wildman–Crippen LogP) is 3.99. The number of amides is 1. The first kappa shape index (κ1) is 14.9. The SMILES string of the molecule is O=C(O)c1cc(Cl)cc(Cl)c1NC(=O)C1CC=CCC1. The average Bonchev–Trinajstić information content (AvgIpc) is 2.42. The maximum atomic E-state index is 12.1. The van der Waals surface area contributed by atoms with Gasteiger partial charge in [-0.05, 0) is 31.4 Å². The summed E-state index contributed by atoms with van der Waals surface area (Å²) < 4.78 is 0. The van der Waals surface area contributed by atoms with Gasteiger partial charge in [0.1, 0.15) is 0 Å². The van der Waals surface area contributed by atoms with E-state index in [0.717, 1.165) is 12.8 Å². The molecule has 0 spiro atoms. The molecule has 1 amide bonds. The Morgan fingerprint density at radius 3 is 2.60 bits per heavy atom. The van der Waals surface area contributed by atoms with Gasteiger partial charge in [-0.3, -0.25) is 4.79 Å². The van der Waals surface area contributed by atoms with Crippen molar-refractivity contribution in [1.29, 1.82) is 0 Å². The zero-order valence-electron chi connectivity index (χ0n) is 10.5. The number of rotatable bonds is 3. The molecule has 20 heavy (non-hydrogen) atoms. The standard InChI is InChI=1S/C14H13Cl2NO3/c15-9-6-10(14(19)20)12(11(16)7-9)17-13(18)8-4-2-1-3-5-8/h1-2,6-8H,3-5H2,(H,17,18)(H,19,20). The van der Waals surface area contributed by atoms with Gasteiger partial charge in [0.15, 0.2) is 0 Å². The van der Waals surface area contributed by atoms with Gasteiger partial charge in [-0.1, -0.05) is 35.4 Å². The molecule has 0 radical (unpaired) electrons. The lowest BCUT2D eigenvalue weighted by molar-refractivity contribution is -0.120. The number of aromatic carboxylic acids is 1. The van der Waals surface area contributed by atoms with Crippen molar-refractivity contribution in [3.05, 3.63) is 39.9 Å². The first-order valence-corrected chi connectivity index (χ1v) is 6.93. The van der Waals surface area contributed by atoms with Crippen LogP contribution in [0.25, 0.3) is 0 Å². The molecule has 1 aliphatic rings. The number of carbonyl (C=O) groups excluding carboxylic acids is 1. The summed E-state index contributed by atoms with van der Waals surface area (Å²) in [6.07, 6.45) is 6.23. The van der Waals surface area contributed by atoms with E-state index in [4.69, 9.17) is 28.3 Å². The number of hydrogen-bond donors (Lipinski definition) is 2. The maximum Gasteiger partial charge on any atom is 0.337 e. The smallest absolute Gasteiger partial charge is 0.337 e. The van der Waals surface area contributed by atoms with E-state index in [1.807, 2.05) is 12.2 Å². The Labute approximate surface area is 126 Å². The van der Waals surface area contributed by atoms with Gasteiger partial charge < -0.3 is 10.4 Å². The van der Waals surface area contributed by atoms with E-state index in [1.165, 1.54) is 12.1 Å². The van der Waals surface area contributed by atoms with Gasteiger partial charge in [0, 0.05) is 10.9 Å². The van der Waals surface area contributed by atoms with Crippen LogP contribution in [0.1, 0.15) is 29.6 Å². The molecule has 6 heteroatoms. The van der Waals surface area contributed by atoms with Gasteiger partial charge in [0.25, 0.3) is 0 Å². The molecule has 106 valence electrons.